The summed E-state index contributed by atoms with van der Waals surface area (Å²) in [7, 11) is 0. The Hall–Kier alpha value is 0.890. The molecule has 0 spiro atoms. The van der Waals surface area contributed by atoms with E-state index in [1.807, 2.05) is 0 Å². The van der Waals surface area contributed by atoms with Gasteiger partial charge in [-0.3, -0.25) is 0 Å². The molecule has 0 rings (SSSR count). The third-order valence-electron chi connectivity index (χ3n) is 1.80. The quantitative estimate of drug-likeness (QED) is 0.516. The molecule has 0 aliphatic heterocycles. The van der Waals surface area contributed by atoms with Gasteiger partial charge in [-0.25, -0.2) is 0 Å². The van der Waals surface area contributed by atoms with Gasteiger partial charge in [0.1, 0.15) is 0 Å². The molecule has 0 aromatic carbocycles. The van der Waals surface area contributed by atoms with Gasteiger partial charge in [-0.05, 0) is 0 Å². The molecule has 0 saturated heterocycles. The summed E-state index contributed by atoms with van der Waals surface area (Å²) >= 11 is 10.3. The molecule has 6 heteroatoms. The fourth-order valence-electron chi connectivity index (χ4n) is 1.10. The van der Waals surface area contributed by atoms with E-state index in [0.29, 0.717) is 0 Å². The van der Waals surface area contributed by atoms with Gasteiger partial charge in [-0.2, -0.15) is 0 Å². The van der Waals surface area contributed by atoms with Crippen molar-refractivity contribution in [2.45, 2.75) is 45.4 Å². The fourth-order valence-corrected chi connectivity index (χ4v) is 1.94. The van der Waals surface area contributed by atoms with Crippen LogP contribution in [0.4, 0.5) is 0 Å². The van der Waals surface area contributed by atoms with Crippen LogP contribution in [0.15, 0.2) is 0 Å². The second-order valence-corrected chi connectivity index (χ2v) is 9.31. The molecule has 0 aromatic heterocycles. The Morgan fingerprint density at radius 2 is 1.50 bits per heavy atom. The van der Waals surface area contributed by atoms with Gasteiger partial charge < -0.3 is 0 Å². The molecule has 0 radical (unpaired) electrons. The monoisotopic (exact) mass is 264 g/mol. The van der Waals surface area contributed by atoms with Crippen LogP contribution < -0.4 is 0 Å². The average Bonchev–Trinajstić information content (AvgIpc) is 2.00. The molecule has 0 saturated carbocycles. The maximum atomic E-state index is 8.92. The zero-order valence-corrected chi connectivity index (χ0v) is 10.9. The van der Waals surface area contributed by atoms with E-state index in [4.69, 9.17) is 32.3 Å². The predicted molar refractivity (Wildman–Crippen MR) is 62.4 cm³/mol. The first kappa shape index (κ1) is 14.9. The summed E-state index contributed by atoms with van der Waals surface area (Å²) in [6.45, 7) is 2.36. The van der Waals surface area contributed by atoms with E-state index in [-0.39, 0.29) is 6.61 Å². The van der Waals surface area contributed by atoms with Crippen molar-refractivity contribution in [2.24, 2.45) is 0 Å². The van der Waals surface area contributed by atoms with Gasteiger partial charge in [0.2, 0.25) is 0 Å². The van der Waals surface area contributed by atoms with E-state index in [1.54, 1.807) is 0 Å². The number of hydrogen-bond acceptors (Lipinski definition) is 3. The zero-order chi connectivity index (χ0) is 11.1. The van der Waals surface area contributed by atoms with E-state index >= 15 is 0 Å². The van der Waals surface area contributed by atoms with Crippen LogP contribution in [-0.4, -0.2) is 16.4 Å². The molecular weight excluding hydrogens is 246 g/mol. The number of unbranched alkanes of at least 4 members (excludes halogenated alkanes) is 5. The predicted octanol–water partition coefficient (Wildman–Crippen LogP) is 3.95. The Morgan fingerprint density at radius 3 is 2.00 bits per heavy atom. The molecule has 0 bridgehead atoms. The van der Waals surface area contributed by atoms with Crippen molar-refractivity contribution in [3.05, 3.63) is 0 Å². The molecule has 14 heavy (non-hydrogen) atoms. The summed E-state index contributed by atoms with van der Waals surface area (Å²) in [5, 5.41) is 0. The summed E-state index contributed by atoms with van der Waals surface area (Å²) in [4.78, 5) is 17.8. The Labute approximate surface area is 95.1 Å². The van der Waals surface area contributed by atoms with Gasteiger partial charge >= 0.3 is 94.8 Å². The van der Waals surface area contributed by atoms with Crippen molar-refractivity contribution in [2.75, 3.05) is 6.61 Å². The molecule has 0 amide bonds. The Balaban J connectivity index is 3.23. The number of halogens is 2. The van der Waals surface area contributed by atoms with Gasteiger partial charge in [0, 0.05) is 0 Å². The van der Waals surface area contributed by atoms with E-state index in [2.05, 4.69) is 11.4 Å². The van der Waals surface area contributed by atoms with Crippen LogP contribution in [-0.2, 0) is 4.52 Å². The molecule has 3 nitrogen and oxygen atoms in total. The van der Waals surface area contributed by atoms with E-state index in [0.717, 1.165) is 19.3 Å². The van der Waals surface area contributed by atoms with Gasteiger partial charge in [-0.1, -0.05) is 0 Å². The molecular formula is C8H19Cl2O3P. The summed E-state index contributed by atoms with van der Waals surface area (Å²) < 4.78 is 4.60. The fraction of sp³-hybridized carbons (Fsp3) is 1.00. The number of rotatable bonds is 8. The van der Waals surface area contributed by atoms with Gasteiger partial charge in [-0.15, -0.1) is 0 Å². The summed E-state index contributed by atoms with van der Waals surface area (Å²) in [6, 6.07) is 0. The first-order chi connectivity index (χ1) is 6.31. The summed E-state index contributed by atoms with van der Waals surface area (Å²) in [6.07, 6.45) is 6.55. The zero-order valence-electron chi connectivity index (χ0n) is 8.46. The van der Waals surface area contributed by atoms with Crippen molar-refractivity contribution in [1.82, 2.24) is 0 Å². The van der Waals surface area contributed by atoms with Crippen molar-refractivity contribution in [3.63, 3.8) is 0 Å². The minimum absolute atomic E-state index is 0.198. The summed E-state index contributed by atoms with van der Waals surface area (Å²) in [5.41, 5.74) is 0. The SMILES string of the molecule is CCCCCCCCOP(O)(O)(Cl)Cl. The normalized spacial score (nSPS) is 15.1. The van der Waals surface area contributed by atoms with Gasteiger partial charge in [0.25, 0.3) is 0 Å². The van der Waals surface area contributed by atoms with Crippen molar-refractivity contribution in [3.8, 4) is 0 Å². The van der Waals surface area contributed by atoms with E-state index < -0.39 is 5.99 Å². The van der Waals surface area contributed by atoms with Crippen LogP contribution in [0.3, 0.4) is 0 Å². The van der Waals surface area contributed by atoms with Crippen molar-refractivity contribution >= 4 is 28.5 Å². The first-order valence-corrected chi connectivity index (χ1v) is 8.79. The van der Waals surface area contributed by atoms with Crippen LogP contribution >= 0.6 is 28.5 Å². The van der Waals surface area contributed by atoms with Crippen molar-refractivity contribution < 1.29 is 14.3 Å². The molecule has 0 fully saturated rings. The van der Waals surface area contributed by atoms with Gasteiger partial charge in [0.05, 0.1) is 0 Å². The van der Waals surface area contributed by atoms with Crippen LogP contribution in [0.1, 0.15) is 45.4 Å². The molecule has 0 aromatic rings. The minimum atomic E-state index is -4.74. The van der Waals surface area contributed by atoms with Crippen LogP contribution in [0.2, 0.25) is 0 Å². The second kappa shape index (κ2) is 6.47. The van der Waals surface area contributed by atoms with E-state index in [9.17, 15) is 0 Å². The topological polar surface area (TPSA) is 49.7 Å². The second-order valence-electron chi connectivity index (χ2n) is 3.36. The van der Waals surface area contributed by atoms with Gasteiger partial charge in [0.15, 0.2) is 0 Å². The van der Waals surface area contributed by atoms with Crippen LogP contribution in [0, 0.1) is 0 Å². The Bertz CT molecular complexity index is 149. The van der Waals surface area contributed by atoms with Crippen LogP contribution in [0.5, 0.6) is 0 Å². The Morgan fingerprint density at radius 1 is 1.00 bits per heavy atom. The third-order valence-corrected chi connectivity index (χ3v) is 3.00. The molecule has 0 unspecified atom stereocenters. The van der Waals surface area contributed by atoms with Crippen LogP contribution in [0.25, 0.3) is 0 Å². The Kier molecular flexibility index (Phi) is 6.88. The third kappa shape index (κ3) is 12.9. The molecule has 88 valence electrons. The molecule has 0 aliphatic carbocycles. The maximum absolute atomic E-state index is 8.92. The molecule has 0 heterocycles. The molecule has 2 N–H and O–H groups in total. The standard InChI is InChI=1S/C8H19Cl2O3P/c1-2-3-4-5-6-7-8-13-14(9,10,11)12/h11-12H,2-8H2,1H3. The average molecular weight is 265 g/mol. The number of hydrogen-bond donors (Lipinski definition) is 2. The summed E-state index contributed by atoms with van der Waals surface area (Å²) in [5.74, 6) is -4.74. The molecule has 0 atom stereocenters. The van der Waals surface area contributed by atoms with E-state index in [1.165, 1.54) is 19.3 Å². The molecule has 0 aliphatic rings. The first-order valence-electron chi connectivity index (χ1n) is 4.92. The van der Waals surface area contributed by atoms with Crippen molar-refractivity contribution in [1.29, 1.82) is 0 Å².